The molecule has 0 spiro atoms. The molecule has 0 unspecified atom stereocenters. The van der Waals surface area contributed by atoms with Gasteiger partial charge in [0.05, 0.1) is 0 Å². The molecule has 0 fully saturated rings. The van der Waals surface area contributed by atoms with Crippen LogP contribution in [0, 0.1) is 0 Å². The maximum absolute atomic E-state index is 6.39. The van der Waals surface area contributed by atoms with Crippen LogP contribution in [0.5, 0.6) is 0 Å². The van der Waals surface area contributed by atoms with E-state index in [4.69, 9.17) is 8.83 Å². The largest absolute Gasteiger partial charge is 0.456 e. The number of para-hydroxylation sites is 2. The van der Waals surface area contributed by atoms with E-state index < -0.39 is 0 Å². The molecule has 2 heterocycles. The molecule has 0 saturated carbocycles. The number of fused-ring (bicyclic) bond motifs is 11. The molecule has 246 valence electrons. The van der Waals surface area contributed by atoms with E-state index in [1.807, 2.05) is 24.3 Å². The second-order valence-corrected chi connectivity index (χ2v) is 14.5. The molecule has 0 bridgehead atoms. The fraction of sp³-hybridized carbons (Fsp3) is 0.0612. The first-order valence-corrected chi connectivity index (χ1v) is 17.9. The lowest BCUT2D eigenvalue weighted by Crippen LogP contribution is -2.15. The first-order valence-electron chi connectivity index (χ1n) is 17.9. The number of hydrogen-bond donors (Lipinski definition) is 0. The third kappa shape index (κ3) is 4.20. The lowest BCUT2D eigenvalue weighted by atomic mass is 9.82. The number of benzene rings is 8. The molecule has 1 aliphatic carbocycles. The van der Waals surface area contributed by atoms with Gasteiger partial charge in [0, 0.05) is 50.1 Å². The van der Waals surface area contributed by atoms with E-state index in [9.17, 15) is 0 Å². The molecule has 8 aromatic carbocycles. The van der Waals surface area contributed by atoms with Crippen molar-refractivity contribution >= 4 is 71.7 Å². The number of hydrogen-bond acceptors (Lipinski definition) is 3. The van der Waals surface area contributed by atoms with Crippen molar-refractivity contribution in [3.05, 3.63) is 175 Å². The van der Waals surface area contributed by atoms with Gasteiger partial charge in [-0.2, -0.15) is 0 Å². The molecule has 0 aliphatic heterocycles. The molecule has 0 atom stereocenters. The Morgan fingerprint density at radius 1 is 0.404 bits per heavy atom. The van der Waals surface area contributed by atoms with Crippen LogP contribution in [0.4, 0.5) is 17.1 Å². The zero-order chi connectivity index (χ0) is 34.6. The molecule has 0 N–H and O–H groups in total. The van der Waals surface area contributed by atoms with Gasteiger partial charge in [0.1, 0.15) is 22.3 Å². The Hall–Kier alpha value is -6.58. The Morgan fingerprint density at radius 3 is 1.88 bits per heavy atom. The van der Waals surface area contributed by atoms with Crippen molar-refractivity contribution in [1.29, 1.82) is 0 Å². The highest BCUT2D eigenvalue weighted by Gasteiger charge is 2.35. The van der Waals surface area contributed by atoms with Crippen molar-refractivity contribution in [2.45, 2.75) is 19.3 Å². The minimum atomic E-state index is -0.0572. The maximum atomic E-state index is 6.39. The predicted molar refractivity (Wildman–Crippen MR) is 216 cm³/mol. The maximum Gasteiger partial charge on any atom is 0.137 e. The van der Waals surface area contributed by atoms with Crippen molar-refractivity contribution in [3.63, 3.8) is 0 Å². The normalized spacial score (nSPS) is 13.3. The minimum absolute atomic E-state index is 0.0572. The summed E-state index contributed by atoms with van der Waals surface area (Å²) in [5.74, 6) is 0. The van der Waals surface area contributed by atoms with Crippen LogP contribution >= 0.6 is 0 Å². The van der Waals surface area contributed by atoms with E-state index in [0.29, 0.717) is 0 Å². The van der Waals surface area contributed by atoms with Crippen LogP contribution < -0.4 is 4.90 Å². The quantitative estimate of drug-likeness (QED) is 0.187. The molecule has 3 nitrogen and oxygen atoms in total. The molecular weight excluding hydrogens is 635 g/mol. The van der Waals surface area contributed by atoms with E-state index in [0.717, 1.165) is 61.1 Å². The highest BCUT2D eigenvalue weighted by molar-refractivity contribution is 6.19. The van der Waals surface area contributed by atoms with Crippen molar-refractivity contribution in [2.24, 2.45) is 0 Å². The van der Waals surface area contributed by atoms with Gasteiger partial charge < -0.3 is 13.7 Å². The van der Waals surface area contributed by atoms with Gasteiger partial charge in [-0.25, -0.2) is 0 Å². The summed E-state index contributed by atoms with van der Waals surface area (Å²) in [7, 11) is 0. The highest BCUT2D eigenvalue weighted by atomic mass is 16.3. The smallest absolute Gasteiger partial charge is 0.137 e. The third-order valence-corrected chi connectivity index (χ3v) is 11.3. The molecule has 11 rings (SSSR count). The van der Waals surface area contributed by atoms with E-state index in [2.05, 4.69) is 158 Å². The van der Waals surface area contributed by atoms with Gasteiger partial charge in [-0.3, -0.25) is 0 Å². The van der Waals surface area contributed by atoms with E-state index in [-0.39, 0.29) is 5.41 Å². The summed E-state index contributed by atoms with van der Waals surface area (Å²) in [6.07, 6.45) is 0. The van der Waals surface area contributed by atoms with Gasteiger partial charge in [0.15, 0.2) is 0 Å². The van der Waals surface area contributed by atoms with Crippen LogP contribution in [-0.2, 0) is 5.41 Å². The van der Waals surface area contributed by atoms with Crippen LogP contribution in [0.2, 0.25) is 0 Å². The van der Waals surface area contributed by atoms with Crippen LogP contribution in [-0.4, -0.2) is 0 Å². The Morgan fingerprint density at radius 2 is 1.02 bits per heavy atom. The molecular formula is C49H33NO2. The summed E-state index contributed by atoms with van der Waals surface area (Å²) >= 11 is 0. The number of nitrogens with zero attached hydrogens (tertiary/aromatic N) is 1. The van der Waals surface area contributed by atoms with Gasteiger partial charge in [-0.05, 0) is 105 Å². The lowest BCUT2D eigenvalue weighted by Gasteiger charge is -2.27. The van der Waals surface area contributed by atoms with Crippen molar-refractivity contribution < 1.29 is 8.83 Å². The van der Waals surface area contributed by atoms with Gasteiger partial charge in [-0.15, -0.1) is 0 Å². The number of anilines is 3. The topological polar surface area (TPSA) is 29.5 Å². The van der Waals surface area contributed by atoms with Crippen LogP contribution in [0.1, 0.15) is 25.0 Å². The van der Waals surface area contributed by atoms with Gasteiger partial charge in [0.2, 0.25) is 0 Å². The van der Waals surface area contributed by atoms with Crippen LogP contribution in [0.3, 0.4) is 0 Å². The molecule has 0 radical (unpaired) electrons. The van der Waals surface area contributed by atoms with Crippen molar-refractivity contribution in [3.8, 4) is 22.3 Å². The number of furan rings is 2. The summed E-state index contributed by atoms with van der Waals surface area (Å²) in [6, 6.07) is 58.9. The molecule has 52 heavy (non-hydrogen) atoms. The first kappa shape index (κ1) is 29.2. The zero-order valence-electron chi connectivity index (χ0n) is 28.9. The Kier molecular flexibility index (Phi) is 6.01. The Bertz CT molecular complexity index is 3050. The Balaban J connectivity index is 1.06. The second-order valence-electron chi connectivity index (χ2n) is 14.5. The first-order chi connectivity index (χ1) is 25.5. The SMILES string of the molecule is CC1(C)c2ccccc2-c2cc(N(c3ccc(-c4ccc5ccc6oc7ccccc7c6c5c4)cc3)c3ccc4c(c3)oc3ccccc34)ccc21. The molecule has 0 amide bonds. The van der Waals surface area contributed by atoms with Gasteiger partial charge in [-0.1, -0.05) is 111 Å². The van der Waals surface area contributed by atoms with Gasteiger partial charge in [0.25, 0.3) is 0 Å². The summed E-state index contributed by atoms with van der Waals surface area (Å²) in [5.41, 5.74) is 14.4. The molecule has 0 saturated heterocycles. The summed E-state index contributed by atoms with van der Waals surface area (Å²) in [6.45, 7) is 4.66. The van der Waals surface area contributed by atoms with Crippen LogP contribution in [0.15, 0.2) is 173 Å². The van der Waals surface area contributed by atoms with Gasteiger partial charge >= 0.3 is 0 Å². The third-order valence-electron chi connectivity index (χ3n) is 11.3. The molecule has 2 aromatic heterocycles. The minimum Gasteiger partial charge on any atom is -0.456 e. The van der Waals surface area contributed by atoms with E-state index >= 15 is 0 Å². The fourth-order valence-corrected chi connectivity index (χ4v) is 8.67. The van der Waals surface area contributed by atoms with E-state index in [1.54, 1.807) is 0 Å². The highest BCUT2D eigenvalue weighted by Crippen LogP contribution is 2.51. The molecule has 1 aliphatic rings. The fourth-order valence-electron chi connectivity index (χ4n) is 8.67. The average molecular weight is 668 g/mol. The standard InChI is InChI=1S/C49H33NO2/c1-49(2)42-12-6-3-9-36(42)41-28-34(23-25-43(41)49)50(35-22-24-38-37-10-4-7-13-44(37)52-47(38)29-35)33-20-17-30(18-21-33)32-16-15-31-19-26-46-48(40(31)27-32)39-11-5-8-14-45(39)51-46/h3-29H,1-2H3. The predicted octanol–water partition coefficient (Wildman–Crippen LogP) is 14.1. The number of rotatable bonds is 4. The lowest BCUT2D eigenvalue weighted by molar-refractivity contribution is 0.660. The Labute approximate surface area is 301 Å². The average Bonchev–Trinajstić information content (AvgIpc) is 3.83. The van der Waals surface area contributed by atoms with Crippen LogP contribution in [0.25, 0.3) is 76.9 Å². The monoisotopic (exact) mass is 667 g/mol. The zero-order valence-corrected chi connectivity index (χ0v) is 28.9. The molecule has 10 aromatic rings. The molecule has 3 heteroatoms. The summed E-state index contributed by atoms with van der Waals surface area (Å²) in [5, 5.41) is 6.97. The second kappa shape index (κ2) is 10.7. The van der Waals surface area contributed by atoms with Crippen molar-refractivity contribution in [1.82, 2.24) is 0 Å². The van der Waals surface area contributed by atoms with E-state index in [1.165, 1.54) is 44.0 Å². The van der Waals surface area contributed by atoms with Crippen molar-refractivity contribution in [2.75, 3.05) is 4.90 Å². The summed E-state index contributed by atoms with van der Waals surface area (Å²) < 4.78 is 12.6. The summed E-state index contributed by atoms with van der Waals surface area (Å²) in [4.78, 5) is 2.35.